The van der Waals surface area contributed by atoms with Gasteiger partial charge >= 0.3 is 12.4 Å². The van der Waals surface area contributed by atoms with E-state index < -0.39 is 39.8 Å². The second-order valence-corrected chi connectivity index (χ2v) is 9.34. The summed E-state index contributed by atoms with van der Waals surface area (Å²) >= 11 is 5.55. The molecule has 1 unspecified atom stereocenters. The number of nitrogens with zero attached hydrogens (tertiary/aromatic N) is 2. The minimum atomic E-state index is -5.16. The Kier molecular flexibility index (Phi) is 6.27. The van der Waals surface area contributed by atoms with Gasteiger partial charge in [-0.05, 0) is 30.3 Å². The van der Waals surface area contributed by atoms with E-state index in [-0.39, 0.29) is 47.9 Å². The highest BCUT2D eigenvalue weighted by Crippen LogP contribution is 2.49. The fourth-order valence-electron chi connectivity index (χ4n) is 4.02. The molecule has 1 aromatic heterocycles. The Morgan fingerprint density at radius 2 is 1.81 bits per heavy atom. The van der Waals surface area contributed by atoms with Gasteiger partial charge in [-0.25, -0.2) is 4.39 Å². The lowest BCUT2D eigenvalue weighted by Gasteiger charge is -2.44. The lowest BCUT2D eigenvalue weighted by molar-refractivity contribution is -0.269. The normalized spacial score (nSPS) is 21.8. The van der Waals surface area contributed by atoms with Gasteiger partial charge in [0.1, 0.15) is 0 Å². The number of alkyl halides is 7. The zero-order chi connectivity index (χ0) is 26.7. The van der Waals surface area contributed by atoms with Crippen molar-refractivity contribution in [3.8, 4) is 0 Å². The number of hydroxylamine groups is 1. The SMILES string of the molecule is CC(C)C(=O)N1CC(F)(c2ccc(C3=CC(c4ccc(Cl)c(C(F)(F)F)c4)(C(F)(F)F)ON3)cn2)C1. The Hall–Kier alpha value is -2.86. The largest absolute Gasteiger partial charge is 0.428 e. The van der Waals surface area contributed by atoms with E-state index in [1.165, 1.54) is 17.0 Å². The molecule has 0 saturated carbocycles. The molecule has 2 aromatic rings. The summed E-state index contributed by atoms with van der Waals surface area (Å²) in [5.41, 5.74) is -5.49. The van der Waals surface area contributed by atoms with Crippen molar-refractivity contribution in [1.82, 2.24) is 15.4 Å². The van der Waals surface area contributed by atoms with Crippen LogP contribution in [0.2, 0.25) is 5.02 Å². The number of pyridine rings is 1. The maximum absolute atomic E-state index is 15.1. The number of hydrogen-bond acceptors (Lipinski definition) is 4. The van der Waals surface area contributed by atoms with Crippen LogP contribution in [-0.2, 0) is 27.1 Å². The molecule has 1 fully saturated rings. The molecule has 3 heterocycles. The summed E-state index contributed by atoms with van der Waals surface area (Å²) in [4.78, 5) is 22.1. The molecule has 2 aliphatic rings. The average Bonchev–Trinajstić information content (AvgIpc) is 3.23. The second kappa shape index (κ2) is 8.62. The molecular weight excluding hydrogens is 519 g/mol. The van der Waals surface area contributed by atoms with Gasteiger partial charge in [0.25, 0.3) is 0 Å². The Morgan fingerprint density at radius 1 is 1.14 bits per heavy atom. The number of likely N-dealkylation sites (tertiary alicyclic amines) is 1. The van der Waals surface area contributed by atoms with Crippen LogP contribution in [-0.4, -0.2) is 35.1 Å². The van der Waals surface area contributed by atoms with Crippen molar-refractivity contribution in [2.24, 2.45) is 5.92 Å². The van der Waals surface area contributed by atoms with E-state index in [1.807, 2.05) is 0 Å². The molecule has 0 spiro atoms. The van der Waals surface area contributed by atoms with Crippen molar-refractivity contribution >= 4 is 23.2 Å². The zero-order valence-electron chi connectivity index (χ0n) is 18.8. The van der Waals surface area contributed by atoms with Crippen LogP contribution in [0.15, 0.2) is 42.6 Å². The topological polar surface area (TPSA) is 54.5 Å². The highest BCUT2D eigenvalue weighted by atomic mass is 35.5. The molecule has 4 rings (SSSR count). The molecule has 0 aliphatic carbocycles. The molecule has 13 heteroatoms. The lowest BCUT2D eigenvalue weighted by Crippen LogP contribution is -2.60. The molecular formula is C23H19ClF7N3O2. The molecule has 2 aliphatic heterocycles. The molecule has 5 nitrogen and oxygen atoms in total. The van der Waals surface area contributed by atoms with E-state index >= 15 is 4.39 Å². The van der Waals surface area contributed by atoms with E-state index in [0.717, 1.165) is 12.3 Å². The third kappa shape index (κ3) is 4.40. The third-order valence-electron chi connectivity index (χ3n) is 6.01. The van der Waals surface area contributed by atoms with E-state index in [9.17, 15) is 31.1 Å². The van der Waals surface area contributed by atoms with Crippen molar-refractivity contribution in [2.75, 3.05) is 13.1 Å². The summed E-state index contributed by atoms with van der Waals surface area (Å²) < 4.78 is 97.3. The third-order valence-corrected chi connectivity index (χ3v) is 6.34. The number of aromatic nitrogens is 1. The summed E-state index contributed by atoms with van der Waals surface area (Å²) in [5, 5.41) is -0.761. The zero-order valence-corrected chi connectivity index (χ0v) is 19.5. The van der Waals surface area contributed by atoms with Gasteiger partial charge in [-0.15, -0.1) is 0 Å². The summed E-state index contributed by atoms with van der Waals surface area (Å²) in [6.07, 6.45) is -8.45. The standard InChI is InChI=1S/C23H19ClF7N3O2/c1-12(2)19(35)34-10-20(25,11-34)18-6-3-13(9-32-18)17-8-21(36-33-17,23(29,30)31)14-4-5-16(24)15(7-14)22(26,27)28/h3-9,12,33H,10-11H2,1-2H3. The Balaban J connectivity index is 1.64. The summed E-state index contributed by atoms with van der Waals surface area (Å²) in [7, 11) is 0. The van der Waals surface area contributed by atoms with E-state index in [4.69, 9.17) is 16.4 Å². The molecule has 1 saturated heterocycles. The molecule has 1 atom stereocenters. The first-order chi connectivity index (χ1) is 16.6. The van der Waals surface area contributed by atoms with E-state index in [1.54, 1.807) is 13.8 Å². The van der Waals surface area contributed by atoms with Gasteiger partial charge < -0.3 is 4.90 Å². The number of carbonyl (C=O) groups is 1. The quantitative estimate of drug-likeness (QED) is 0.505. The lowest BCUT2D eigenvalue weighted by atomic mass is 9.89. The number of carbonyl (C=O) groups excluding carboxylic acids is 1. The summed E-state index contributed by atoms with van der Waals surface area (Å²) in [6, 6.07) is 4.36. The van der Waals surface area contributed by atoms with Gasteiger partial charge in [-0.2, -0.15) is 26.3 Å². The average molecular weight is 538 g/mol. The second-order valence-electron chi connectivity index (χ2n) is 8.93. The van der Waals surface area contributed by atoms with Gasteiger partial charge in [0, 0.05) is 23.2 Å². The highest BCUT2D eigenvalue weighted by molar-refractivity contribution is 6.31. The van der Waals surface area contributed by atoms with Crippen molar-refractivity contribution in [3.63, 3.8) is 0 Å². The monoisotopic (exact) mass is 537 g/mol. The molecule has 194 valence electrons. The van der Waals surface area contributed by atoms with Gasteiger partial charge in [0.05, 0.1) is 35.1 Å². The van der Waals surface area contributed by atoms with Crippen LogP contribution in [0, 0.1) is 5.92 Å². The minimum Gasteiger partial charge on any atom is -0.335 e. The molecule has 1 aromatic carbocycles. The number of nitrogens with one attached hydrogen (secondary N) is 1. The molecule has 0 bridgehead atoms. The fourth-order valence-corrected chi connectivity index (χ4v) is 4.24. The Bertz CT molecular complexity index is 1210. The molecule has 1 N–H and O–H groups in total. The fraction of sp³-hybridized carbons (Fsp3) is 0.391. The molecule has 36 heavy (non-hydrogen) atoms. The first kappa shape index (κ1) is 26.2. The first-order valence-corrected chi connectivity index (χ1v) is 11.0. The van der Waals surface area contributed by atoms with Gasteiger partial charge in [-0.3, -0.25) is 20.1 Å². The highest BCUT2D eigenvalue weighted by Gasteiger charge is 2.60. The summed E-state index contributed by atoms with van der Waals surface area (Å²) in [5.74, 6) is -0.510. The van der Waals surface area contributed by atoms with Crippen LogP contribution >= 0.6 is 11.6 Å². The predicted molar refractivity (Wildman–Crippen MR) is 115 cm³/mol. The Labute approximate surface area is 205 Å². The van der Waals surface area contributed by atoms with Gasteiger partial charge in [0.15, 0.2) is 5.67 Å². The maximum Gasteiger partial charge on any atom is 0.428 e. The number of benzene rings is 1. The van der Waals surface area contributed by atoms with Crippen LogP contribution in [0.1, 0.15) is 36.2 Å². The maximum atomic E-state index is 15.1. The number of rotatable bonds is 4. The predicted octanol–water partition coefficient (Wildman–Crippen LogP) is 5.75. The number of halogens is 8. The smallest absolute Gasteiger partial charge is 0.335 e. The van der Waals surface area contributed by atoms with Crippen LogP contribution in [0.4, 0.5) is 30.7 Å². The first-order valence-electron chi connectivity index (χ1n) is 10.6. The van der Waals surface area contributed by atoms with Gasteiger partial charge in [-0.1, -0.05) is 31.5 Å². The summed E-state index contributed by atoms with van der Waals surface area (Å²) in [6.45, 7) is 2.98. The van der Waals surface area contributed by atoms with Crippen LogP contribution in [0.3, 0.4) is 0 Å². The van der Waals surface area contributed by atoms with Crippen molar-refractivity contribution in [3.05, 3.63) is 70.0 Å². The van der Waals surface area contributed by atoms with Crippen LogP contribution in [0.25, 0.3) is 5.70 Å². The van der Waals surface area contributed by atoms with E-state index in [2.05, 4.69) is 10.5 Å². The van der Waals surface area contributed by atoms with Crippen molar-refractivity contribution in [2.45, 2.75) is 37.5 Å². The Morgan fingerprint density at radius 3 is 2.33 bits per heavy atom. The van der Waals surface area contributed by atoms with Crippen LogP contribution in [0.5, 0.6) is 0 Å². The number of amides is 1. The minimum absolute atomic E-state index is 0.00632. The van der Waals surface area contributed by atoms with E-state index in [0.29, 0.717) is 12.1 Å². The van der Waals surface area contributed by atoms with Gasteiger partial charge in [0.2, 0.25) is 11.5 Å². The van der Waals surface area contributed by atoms with Crippen molar-refractivity contribution in [1.29, 1.82) is 0 Å². The molecule has 1 amide bonds. The number of hydrogen-bond donors (Lipinski definition) is 1. The molecule has 0 radical (unpaired) electrons. The van der Waals surface area contributed by atoms with Crippen LogP contribution < -0.4 is 5.48 Å². The van der Waals surface area contributed by atoms with Crippen molar-refractivity contribution < 1.29 is 40.4 Å².